The number of nitrogens with zero attached hydrogens (tertiary/aromatic N) is 1. The van der Waals surface area contributed by atoms with Crippen LogP contribution >= 0.6 is 0 Å². The molecule has 1 saturated carbocycles. The fourth-order valence-electron chi connectivity index (χ4n) is 1.89. The zero-order valence-electron chi connectivity index (χ0n) is 11.9. The van der Waals surface area contributed by atoms with Crippen molar-refractivity contribution in [3.8, 4) is 0 Å². The van der Waals surface area contributed by atoms with Crippen LogP contribution in [0.25, 0.3) is 0 Å². The lowest BCUT2D eigenvalue weighted by atomic mass is 10.1. The number of carbonyl (C=O) groups excluding carboxylic acids is 2. The van der Waals surface area contributed by atoms with Gasteiger partial charge in [0.2, 0.25) is 0 Å². The first-order chi connectivity index (χ1) is 9.52. The molecule has 1 aliphatic rings. The number of para-hydroxylation sites is 1. The SMILES string of the molecule is COC(=O)c1cccc(N(C)C)c1NC(=O)NC1CC1. The van der Waals surface area contributed by atoms with Gasteiger partial charge in [-0.05, 0) is 25.0 Å². The Balaban J connectivity index is 2.29. The fourth-order valence-corrected chi connectivity index (χ4v) is 1.89. The van der Waals surface area contributed by atoms with Gasteiger partial charge < -0.3 is 20.3 Å². The third-order valence-corrected chi connectivity index (χ3v) is 3.08. The van der Waals surface area contributed by atoms with E-state index < -0.39 is 5.97 Å². The van der Waals surface area contributed by atoms with Crippen LogP contribution < -0.4 is 15.5 Å². The third-order valence-electron chi connectivity index (χ3n) is 3.08. The molecule has 0 saturated heterocycles. The van der Waals surface area contributed by atoms with Crippen molar-refractivity contribution in [3.05, 3.63) is 23.8 Å². The van der Waals surface area contributed by atoms with E-state index in [-0.39, 0.29) is 12.1 Å². The minimum atomic E-state index is -0.476. The number of ether oxygens (including phenoxy) is 1. The maximum Gasteiger partial charge on any atom is 0.340 e. The predicted molar refractivity (Wildman–Crippen MR) is 77.3 cm³/mol. The highest BCUT2D eigenvalue weighted by Crippen LogP contribution is 2.29. The Morgan fingerprint density at radius 3 is 2.55 bits per heavy atom. The second-order valence-corrected chi connectivity index (χ2v) is 4.96. The lowest BCUT2D eigenvalue weighted by Gasteiger charge is -2.20. The summed E-state index contributed by atoms with van der Waals surface area (Å²) in [7, 11) is 5.01. The molecule has 2 amide bonds. The Labute approximate surface area is 118 Å². The molecular weight excluding hydrogens is 258 g/mol. The minimum Gasteiger partial charge on any atom is -0.465 e. The molecule has 0 heterocycles. The summed E-state index contributed by atoms with van der Waals surface area (Å²) < 4.78 is 4.76. The molecule has 6 heteroatoms. The van der Waals surface area contributed by atoms with E-state index in [1.165, 1.54) is 7.11 Å². The summed E-state index contributed by atoms with van der Waals surface area (Å²) in [6, 6.07) is 5.17. The number of hydrogen-bond acceptors (Lipinski definition) is 4. The summed E-state index contributed by atoms with van der Waals surface area (Å²) in [6.45, 7) is 0. The van der Waals surface area contributed by atoms with Crippen molar-refractivity contribution in [2.24, 2.45) is 0 Å². The molecule has 1 aromatic rings. The number of nitrogens with one attached hydrogen (secondary N) is 2. The maximum absolute atomic E-state index is 11.9. The second kappa shape index (κ2) is 5.81. The van der Waals surface area contributed by atoms with E-state index in [0.29, 0.717) is 11.3 Å². The van der Waals surface area contributed by atoms with Gasteiger partial charge in [-0.3, -0.25) is 0 Å². The van der Waals surface area contributed by atoms with Gasteiger partial charge in [0.05, 0.1) is 24.0 Å². The largest absolute Gasteiger partial charge is 0.465 e. The van der Waals surface area contributed by atoms with Crippen LogP contribution in [0, 0.1) is 0 Å². The van der Waals surface area contributed by atoms with Gasteiger partial charge in [-0.25, -0.2) is 9.59 Å². The van der Waals surface area contributed by atoms with Gasteiger partial charge in [0, 0.05) is 20.1 Å². The molecule has 1 aromatic carbocycles. The summed E-state index contributed by atoms with van der Waals surface area (Å²) >= 11 is 0. The molecule has 6 nitrogen and oxygen atoms in total. The third kappa shape index (κ3) is 3.20. The average Bonchev–Trinajstić information content (AvgIpc) is 3.21. The van der Waals surface area contributed by atoms with Crippen molar-refractivity contribution in [3.63, 3.8) is 0 Å². The summed E-state index contributed by atoms with van der Waals surface area (Å²) in [4.78, 5) is 25.6. The molecule has 2 rings (SSSR count). The van der Waals surface area contributed by atoms with Crippen LogP contribution in [-0.4, -0.2) is 39.2 Å². The molecule has 0 aliphatic heterocycles. The number of rotatable bonds is 4. The first-order valence-corrected chi connectivity index (χ1v) is 6.49. The van der Waals surface area contributed by atoms with Gasteiger partial charge in [-0.2, -0.15) is 0 Å². The molecular formula is C14H19N3O3. The van der Waals surface area contributed by atoms with E-state index >= 15 is 0 Å². The van der Waals surface area contributed by atoms with Gasteiger partial charge in [0.1, 0.15) is 0 Å². The summed E-state index contributed by atoms with van der Waals surface area (Å²) in [5.41, 5.74) is 1.55. The van der Waals surface area contributed by atoms with E-state index in [0.717, 1.165) is 18.5 Å². The smallest absolute Gasteiger partial charge is 0.340 e. The van der Waals surface area contributed by atoms with Crippen molar-refractivity contribution in [1.82, 2.24) is 5.32 Å². The van der Waals surface area contributed by atoms with Crippen LogP contribution in [-0.2, 0) is 4.74 Å². The highest BCUT2D eigenvalue weighted by Gasteiger charge is 2.25. The normalized spacial score (nSPS) is 13.6. The number of carbonyl (C=O) groups is 2. The molecule has 0 radical (unpaired) electrons. The Kier molecular flexibility index (Phi) is 4.12. The van der Waals surface area contributed by atoms with Crippen molar-refractivity contribution < 1.29 is 14.3 Å². The molecule has 1 aliphatic carbocycles. The maximum atomic E-state index is 11.9. The van der Waals surface area contributed by atoms with E-state index in [4.69, 9.17) is 4.74 Å². The van der Waals surface area contributed by atoms with Crippen LogP contribution in [0.3, 0.4) is 0 Å². The number of hydrogen-bond donors (Lipinski definition) is 2. The molecule has 1 fully saturated rings. The molecule has 2 N–H and O–H groups in total. The van der Waals surface area contributed by atoms with Crippen molar-refractivity contribution in [2.45, 2.75) is 18.9 Å². The monoisotopic (exact) mass is 277 g/mol. The summed E-state index contributed by atoms with van der Waals surface area (Å²) in [5, 5.41) is 5.59. The number of amides is 2. The Bertz CT molecular complexity index is 524. The quantitative estimate of drug-likeness (QED) is 0.824. The van der Waals surface area contributed by atoms with Crippen LogP contribution in [0.4, 0.5) is 16.2 Å². The van der Waals surface area contributed by atoms with E-state index in [1.54, 1.807) is 12.1 Å². The Morgan fingerprint density at radius 1 is 1.30 bits per heavy atom. The Hall–Kier alpha value is -2.24. The van der Waals surface area contributed by atoms with Crippen molar-refractivity contribution in [1.29, 1.82) is 0 Å². The number of anilines is 2. The van der Waals surface area contributed by atoms with Crippen LogP contribution in [0.2, 0.25) is 0 Å². The number of methoxy groups -OCH3 is 1. The fraction of sp³-hybridized carbons (Fsp3) is 0.429. The molecule has 108 valence electrons. The minimum absolute atomic E-state index is 0.253. The highest BCUT2D eigenvalue weighted by molar-refractivity contribution is 6.04. The van der Waals surface area contributed by atoms with Gasteiger partial charge in [-0.1, -0.05) is 6.07 Å². The van der Waals surface area contributed by atoms with Gasteiger partial charge in [0.15, 0.2) is 0 Å². The van der Waals surface area contributed by atoms with Gasteiger partial charge in [0.25, 0.3) is 0 Å². The summed E-state index contributed by atoms with van der Waals surface area (Å²) in [6.07, 6.45) is 2.01. The summed E-state index contributed by atoms with van der Waals surface area (Å²) in [5.74, 6) is -0.476. The zero-order valence-corrected chi connectivity index (χ0v) is 11.9. The van der Waals surface area contributed by atoms with E-state index in [2.05, 4.69) is 10.6 Å². The molecule has 0 bridgehead atoms. The first-order valence-electron chi connectivity index (χ1n) is 6.49. The number of benzene rings is 1. The highest BCUT2D eigenvalue weighted by atomic mass is 16.5. The van der Waals surface area contributed by atoms with E-state index in [1.807, 2.05) is 25.1 Å². The number of esters is 1. The molecule has 0 aromatic heterocycles. The Morgan fingerprint density at radius 2 is 2.00 bits per heavy atom. The van der Waals surface area contributed by atoms with Crippen LogP contribution in [0.15, 0.2) is 18.2 Å². The van der Waals surface area contributed by atoms with Crippen LogP contribution in [0.1, 0.15) is 23.2 Å². The average molecular weight is 277 g/mol. The molecule has 0 unspecified atom stereocenters. The second-order valence-electron chi connectivity index (χ2n) is 4.96. The standard InChI is InChI=1S/C14H19N3O3/c1-17(2)11-6-4-5-10(13(18)20-3)12(11)16-14(19)15-9-7-8-9/h4-6,9H,7-8H2,1-3H3,(H2,15,16,19). The van der Waals surface area contributed by atoms with E-state index in [9.17, 15) is 9.59 Å². The first kappa shape index (κ1) is 14.2. The lowest BCUT2D eigenvalue weighted by molar-refractivity contribution is 0.0602. The van der Waals surface area contributed by atoms with Crippen molar-refractivity contribution in [2.75, 3.05) is 31.4 Å². The van der Waals surface area contributed by atoms with Gasteiger partial charge >= 0.3 is 12.0 Å². The number of urea groups is 1. The van der Waals surface area contributed by atoms with Gasteiger partial charge in [-0.15, -0.1) is 0 Å². The molecule has 20 heavy (non-hydrogen) atoms. The predicted octanol–water partition coefficient (Wildman–Crippen LogP) is 1.82. The zero-order chi connectivity index (χ0) is 14.7. The van der Waals surface area contributed by atoms with Crippen LogP contribution in [0.5, 0.6) is 0 Å². The topological polar surface area (TPSA) is 70.7 Å². The lowest BCUT2D eigenvalue weighted by Crippen LogP contribution is -2.31. The molecule has 0 spiro atoms. The molecule has 0 atom stereocenters. The van der Waals surface area contributed by atoms with Crippen molar-refractivity contribution >= 4 is 23.4 Å².